The minimum Gasteiger partial charge on any atom is -0.489 e. The summed E-state index contributed by atoms with van der Waals surface area (Å²) in [7, 11) is 0. The minimum absolute atomic E-state index is 0.0694. The van der Waals surface area contributed by atoms with Gasteiger partial charge in [-0.2, -0.15) is 13.2 Å². The van der Waals surface area contributed by atoms with Crippen molar-refractivity contribution in [2.45, 2.75) is 39.0 Å². The summed E-state index contributed by atoms with van der Waals surface area (Å²) < 4.78 is 43.2. The van der Waals surface area contributed by atoms with E-state index in [-0.39, 0.29) is 12.0 Å². The van der Waals surface area contributed by atoms with Gasteiger partial charge in [-0.3, -0.25) is 4.98 Å². The largest absolute Gasteiger partial charge is 0.489 e. The molecule has 1 aromatic heterocycles. The molecule has 0 fully saturated rings. The molecule has 0 aliphatic heterocycles. The topological polar surface area (TPSA) is 22.1 Å². The molecule has 2 nitrogen and oxygen atoms in total. The predicted molar refractivity (Wildman–Crippen MR) is 79.0 cm³/mol. The number of benzene rings is 1. The normalized spacial score (nSPS) is 13.2. The fourth-order valence-electron chi connectivity index (χ4n) is 2.12. The zero-order chi connectivity index (χ0) is 16.3. The molecule has 0 bridgehead atoms. The van der Waals surface area contributed by atoms with Crippen LogP contribution in [0.25, 0.3) is 0 Å². The molecule has 0 spiro atoms. The number of rotatable bonds is 4. The molecule has 1 atom stereocenters. The third-order valence-electron chi connectivity index (χ3n) is 3.31. The number of ether oxygens (including phenoxy) is 1. The number of pyridine rings is 1. The first-order valence-corrected chi connectivity index (χ1v) is 7.07. The van der Waals surface area contributed by atoms with Gasteiger partial charge in [0.2, 0.25) is 0 Å². The standard InChI is InChI=1S/C17H18F3NO/c1-11(2)22-15-8-9-16(21-10-15)12(3)13-4-6-14(7-5-13)17(18,19)20/h4-12H,1-3H3. The van der Waals surface area contributed by atoms with Crippen LogP contribution in [0.5, 0.6) is 5.75 Å². The Morgan fingerprint density at radius 3 is 2.05 bits per heavy atom. The van der Waals surface area contributed by atoms with Gasteiger partial charge in [-0.1, -0.05) is 19.1 Å². The van der Waals surface area contributed by atoms with Gasteiger partial charge in [-0.15, -0.1) is 0 Å². The summed E-state index contributed by atoms with van der Waals surface area (Å²) in [6.07, 6.45) is -2.61. The predicted octanol–water partition coefficient (Wildman–Crippen LogP) is 5.04. The third kappa shape index (κ3) is 4.00. The zero-order valence-corrected chi connectivity index (χ0v) is 12.7. The third-order valence-corrected chi connectivity index (χ3v) is 3.31. The van der Waals surface area contributed by atoms with Crippen LogP contribution < -0.4 is 4.74 Å². The first kappa shape index (κ1) is 16.3. The average molecular weight is 309 g/mol. The van der Waals surface area contributed by atoms with E-state index in [2.05, 4.69) is 4.98 Å². The summed E-state index contributed by atoms with van der Waals surface area (Å²) in [5.74, 6) is 0.591. The molecule has 1 aromatic carbocycles. The first-order valence-electron chi connectivity index (χ1n) is 7.07. The summed E-state index contributed by atoms with van der Waals surface area (Å²) in [5, 5.41) is 0. The van der Waals surface area contributed by atoms with Gasteiger partial charge in [-0.25, -0.2) is 0 Å². The lowest BCUT2D eigenvalue weighted by atomic mass is 9.96. The lowest BCUT2D eigenvalue weighted by Gasteiger charge is -2.14. The summed E-state index contributed by atoms with van der Waals surface area (Å²) in [5.41, 5.74) is 0.936. The second-order valence-corrected chi connectivity index (χ2v) is 5.43. The van der Waals surface area contributed by atoms with Crippen molar-refractivity contribution in [3.63, 3.8) is 0 Å². The van der Waals surface area contributed by atoms with Crippen LogP contribution in [0.1, 0.15) is 43.5 Å². The smallest absolute Gasteiger partial charge is 0.416 e. The van der Waals surface area contributed by atoms with E-state index in [1.807, 2.05) is 32.9 Å². The molecular weight excluding hydrogens is 291 g/mol. The maximum absolute atomic E-state index is 12.6. The molecule has 5 heteroatoms. The first-order chi connectivity index (χ1) is 10.3. The van der Waals surface area contributed by atoms with Crippen LogP contribution in [-0.2, 0) is 6.18 Å². The Morgan fingerprint density at radius 2 is 1.59 bits per heavy atom. The van der Waals surface area contributed by atoms with Gasteiger partial charge < -0.3 is 4.74 Å². The molecule has 2 rings (SSSR count). The Balaban J connectivity index is 2.15. The second kappa shape index (κ2) is 6.38. The molecule has 0 radical (unpaired) electrons. The van der Waals surface area contributed by atoms with Crippen molar-refractivity contribution in [3.05, 3.63) is 59.4 Å². The van der Waals surface area contributed by atoms with Crippen molar-refractivity contribution in [3.8, 4) is 5.75 Å². The molecule has 118 valence electrons. The number of hydrogen-bond donors (Lipinski definition) is 0. The summed E-state index contributed by atoms with van der Waals surface area (Å²) in [6.45, 7) is 5.77. The molecule has 0 N–H and O–H groups in total. The monoisotopic (exact) mass is 309 g/mol. The fourth-order valence-corrected chi connectivity index (χ4v) is 2.12. The van der Waals surface area contributed by atoms with Crippen molar-refractivity contribution in [2.75, 3.05) is 0 Å². The highest BCUT2D eigenvalue weighted by Crippen LogP contribution is 2.31. The number of aromatic nitrogens is 1. The van der Waals surface area contributed by atoms with Crippen molar-refractivity contribution < 1.29 is 17.9 Å². The maximum atomic E-state index is 12.6. The van der Waals surface area contributed by atoms with E-state index in [0.29, 0.717) is 5.75 Å². The summed E-state index contributed by atoms with van der Waals surface area (Å²) in [4.78, 5) is 4.33. The van der Waals surface area contributed by atoms with Gasteiger partial charge in [0.25, 0.3) is 0 Å². The number of hydrogen-bond acceptors (Lipinski definition) is 2. The van der Waals surface area contributed by atoms with Crippen molar-refractivity contribution in [1.29, 1.82) is 0 Å². The molecule has 22 heavy (non-hydrogen) atoms. The van der Waals surface area contributed by atoms with Crippen LogP contribution >= 0.6 is 0 Å². The lowest BCUT2D eigenvalue weighted by Crippen LogP contribution is -2.07. The molecule has 1 heterocycles. The van der Waals surface area contributed by atoms with Gasteiger partial charge in [0, 0.05) is 11.6 Å². The van der Waals surface area contributed by atoms with E-state index in [4.69, 9.17) is 4.74 Å². The quantitative estimate of drug-likeness (QED) is 0.789. The van der Waals surface area contributed by atoms with Crippen LogP contribution in [0, 0.1) is 0 Å². The van der Waals surface area contributed by atoms with Gasteiger partial charge in [0.15, 0.2) is 0 Å². The van der Waals surface area contributed by atoms with E-state index in [1.54, 1.807) is 6.20 Å². The van der Waals surface area contributed by atoms with Crippen LogP contribution in [0.4, 0.5) is 13.2 Å². The minimum atomic E-state index is -4.31. The van der Waals surface area contributed by atoms with Crippen LogP contribution in [0.15, 0.2) is 42.6 Å². The number of nitrogens with zero attached hydrogens (tertiary/aromatic N) is 1. The van der Waals surface area contributed by atoms with Crippen molar-refractivity contribution >= 4 is 0 Å². The Hall–Kier alpha value is -2.04. The Labute approximate surface area is 128 Å². The average Bonchev–Trinajstić information content (AvgIpc) is 2.46. The van der Waals surface area contributed by atoms with E-state index >= 15 is 0 Å². The molecule has 0 saturated carbocycles. The molecule has 0 amide bonds. The Kier molecular flexibility index (Phi) is 4.74. The number of halogens is 3. The van der Waals surface area contributed by atoms with Crippen molar-refractivity contribution in [2.24, 2.45) is 0 Å². The van der Waals surface area contributed by atoms with Crippen LogP contribution in [0.2, 0.25) is 0 Å². The molecule has 1 unspecified atom stereocenters. The van der Waals surface area contributed by atoms with Crippen LogP contribution in [-0.4, -0.2) is 11.1 Å². The Bertz CT molecular complexity index is 603. The summed E-state index contributed by atoms with van der Waals surface area (Å²) in [6, 6.07) is 8.84. The summed E-state index contributed by atoms with van der Waals surface area (Å²) >= 11 is 0. The highest BCUT2D eigenvalue weighted by molar-refractivity contribution is 5.33. The van der Waals surface area contributed by atoms with Crippen molar-refractivity contribution in [1.82, 2.24) is 4.98 Å². The van der Waals surface area contributed by atoms with Gasteiger partial charge >= 0.3 is 6.18 Å². The van der Waals surface area contributed by atoms with E-state index in [9.17, 15) is 13.2 Å². The van der Waals surface area contributed by atoms with E-state index in [0.717, 1.165) is 23.4 Å². The molecule has 0 saturated heterocycles. The molecule has 2 aromatic rings. The molecule has 0 aliphatic rings. The Morgan fingerprint density at radius 1 is 0.955 bits per heavy atom. The van der Waals surface area contributed by atoms with Gasteiger partial charge in [0.1, 0.15) is 5.75 Å². The van der Waals surface area contributed by atoms with E-state index < -0.39 is 11.7 Å². The SMILES string of the molecule is CC(C)Oc1ccc(C(C)c2ccc(C(F)(F)F)cc2)nc1. The molecular formula is C17H18F3NO. The zero-order valence-electron chi connectivity index (χ0n) is 12.7. The second-order valence-electron chi connectivity index (χ2n) is 5.43. The van der Waals surface area contributed by atoms with E-state index in [1.165, 1.54) is 12.1 Å². The van der Waals surface area contributed by atoms with Crippen LogP contribution in [0.3, 0.4) is 0 Å². The van der Waals surface area contributed by atoms with Gasteiger partial charge in [0.05, 0.1) is 17.9 Å². The van der Waals surface area contributed by atoms with Gasteiger partial charge in [-0.05, 0) is 43.7 Å². The number of alkyl halides is 3. The highest BCUT2D eigenvalue weighted by atomic mass is 19.4. The lowest BCUT2D eigenvalue weighted by molar-refractivity contribution is -0.137. The fraction of sp³-hybridized carbons (Fsp3) is 0.353. The molecule has 0 aliphatic carbocycles. The maximum Gasteiger partial charge on any atom is 0.416 e. The highest BCUT2D eigenvalue weighted by Gasteiger charge is 2.30.